The Bertz CT molecular complexity index is 1080. The largest absolute Gasteiger partial charge is 0.481 e. The summed E-state index contributed by atoms with van der Waals surface area (Å²) in [6.07, 6.45) is -0.469. The molecule has 1 aromatic heterocycles. The lowest BCUT2D eigenvalue weighted by molar-refractivity contribution is -0.152. The lowest BCUT2D eigenvalue weighted by Gasteiger charge is -2.22. The van der Waals surface area contributed by atoms with E-state index in [9.17, 15) is 14.0 Å². The van der Waals surface area contributed by atoms with Crippen molar-refractivity contribution in [3.05, 3.63) is 54.3 Å². The fourth-order valence-corrected chi connectivity index (χ4v) is 3.26. The molecule has 9 nitrogen and oxygen atoms in total. The summed E-state index contributed by atoms with van der Waals surface area (Å²) in [6, 6.07) is 14.4. The minimum absolute atomic E-state index is 0.156. The van der Waals surface area contributed by atoms with Crippen LogP contribution in [-0.4, -0.2) is 62.3 Å². The topological polar surface area (TPSA) is 134 Å². The van der Waals surface area contributed by atoms with Crippen molar-refractivity contribution in [1.82, 2.24) is 15.1 Å². The van der Waals surface area contributed by atoms with Crippen molar-refractivity contribution in [2.75, 3.05) is 13.1 Å². The molecule has 1 fully saturated rings. The number of piperidine rings is 1. The molecular formula is C22H24FN3O6. The van der Waals surface area contributed by atoms with E-state index in [1.807, 2.05) is 30.3 Å². The SMILES string of the molecule is Fc1ccccc1-n1nc(OC2CCNCC2)c2ccccc21.O=C(O)C[C@H](O)C(=O)O. The second-order valence-electron chi connectivity index (χ2n) is 7.20. The Hall–Kier alpha value is -3.50. The zero-order valence-corrected chi connectivity index (χ0v) is 17.1. The third-order valence-corrected chi connectivity index (χ3v) is 4.85. The molecule has 0 amide bonds. The van der Waals surface area contributed by atoms with Crippen LogP contribution in [0.1, 0.15) is 19.3 Å². The van der Waals surface area contributed by atoms with Crippen LogP contribution >= 0.6 is 0 Å². The highest BCUT2D eigenvalue weighted by Gasteiger charge is 2.20. The molecule has 10 heteroatoms. The number of nitrogens with one attached hydrogen (secondary N) is 1. The lowest BCUT2D eigenvalue weighted by atomic mass is 10.1. The molecule has 1 aliphatic rings. The number of aromatic nitrogens is 2. The zero-order valence-electron chi connectivity index (χ0n) is 17.1. The number of halogens is 1. The number of para-hydroxylation sites is 2. The molecule has 0 aliphatic carbocycles. The number of fused-ring (bicyclic) bond motifs is 1. The van der Waals surface area contributed by atoms with Gasteiger partial charge in [-0.1, -0.05) is 24.3 Å². The van der Waals surface area contributed by atoms with E-state index in [0.717, 1.165) is 36.8 Å². The molecule has 0 spiro atoms. The van der Waals surface area contributed by atoms with Crippen molar-refractivity contribution in [2.45, 2.75) is 31.5 Å². The number of carboxylic acids is 2. The smallest absolute Gasteiger partial charge is 0.333 e. The van der Waals surface area contributed by atoms with Crippen LogP contribution in [0, 0.1) is 5.82 Å². The Balaban J connectivity index is 0.000000275. The summed E-state index contributed by atoms with van der Waals surface area (Å²) in [5.74, 6) is -2.56. The second-order valence-corrected chi connectivity index (χ2v) is 7.20. The van der Waals surface area contributed by atoms with E-state index >= 15 is 0 Å². The van der Waals surface area contributed by atoms with Gasteiger partial charge in [-0.25, -0.2) is 13.9 Å². The number of hydrogen-bond donors (Lipinski definition) is 4. The fraction of sp³-hybridized carbons (Fsp3) is 0.318. The van der Waals surface area contributed by atoms with Gasteiger partial charge in [0.2, 0.25) is 5.88 Å². The number of rotatable bonds is 6. The summed E-state index contributed by atoms with van der Waals surface area (Å²) in [5.41, 5.74) is 1.28. The highest BCUT2D eigenvalue weighted by atomic mass is 19.1. The molecule has 4 rings (SSSR count). The highest BCUT2D eigenvalue weighted by Crippen LogP contribution is 2.29. The van der Waals surface area contributed by atoms with Crippen LogP contribution < -0.4 is 10.1 Å². The predicted octanol–water partition coefficient (Wildman–Crippen LogP) is 2.20. The summed E-state index contributed by atoms with van der Waals surface area (Å²) >= 11 is 0. The standard InChI is InChI=1S/C18H18FN3O.C4H6O5/c19-15-6-2-4-8-17(15)22-16-7-3-1-5-14(16)18(21-22)23-13-9-11-20-12-10-13;5-2(4(8)9)1-3(6)7/h1-8,13,20H,9-12H2;2,5H,1H2,(H,6,7)(H,8,9)/t;2-/m.0/s1. The molecule has 0 saturated carbocycles. The van der Waals surface area contributed by atoms with Gasteiger partial charge in [0.1, 0.15) is 17.6 Å². The first-order chi connectivity index (χ1) is 15.4. The molecule has 2 aromatic carbocycles. The first-order valence-electron chi connectivity index (χ1n) is 10.1. The van der Waals surface area contributed by atoms with Gasteiger partial charge < -0.3 is 25.4 Å². The first kappa shape index (κ1) is 23.2. The number of carboxylic acid groups (broad SMARTS) is 2. The number of aliphatic hydroxyl groups excluding tert-OH is 1. The second kappa shape index (κ2) is 10.7. The van der Waals surface area contributed by atoms with Gasteiger partial charge in [0.15, 0.2) is 6.10 Å². The molecule has 1 atom stereocenters. The van der Waals surface area contributed by atoms with Crippen molar-refractivity contribution in [2.24, 2.45) is 0 Å². The summed E-state index contributed by atoms with van der Waals surface area (Å²) in [5, 5.41) is 32.9. The quantitative estimate of drug-likeness (QED) is 0.454. The monoisotopic (exact) mass is 445 g/mol. The van der Waals surface area contributed by atoms with Crippen LogP contribution in [0.25, 0.3) is 16.6 Å². The summed E-state index contributed by atoms with van der Waals surface area (Å²) in [4.78, 5) is 19.4. The van der Waals surface area contributed by atoms with Crippen LogP contribution in [0.15, 0.2) is 48.5 Å². The molecule has 0 bridgehead atoms. The molecule has 0 radical (unpaired) electrons. The number of aliphatic carboxylic acids is 2. The maximum atomic E-state index is 14.2. The van der Waals surface area contributed by atoms with Gasteiger partial charge in [-0.05, 0) is 50.2 Å². The molecular weight excluding hydrogens is 421 g/mol. The molecule has 2 heterocycles. The molecule has 0 unspecified atom stereocenters. The Morgan fingerprint density at radius 3 is 2.41 bits per heavy atom. The minimum Gasteiger partial charge on any atom is -0.481 e. The third-order valence-electron chi connectivity index (χ3n) is 4.85. The van der Waals surface area contributed by atoms with Gasteiger partial charge >= 0.3 is 11.9 Å². The van der Waals surface area contributed by atoms with Gasteiger partial charge in [0.05, 0.1) is 17.3 Å². The Kier molecular flexibility index (Phi) is 7.74. The molecule has 32 heavy (non-hydrogen) atoms. The molecule has 1 saturated heterocycles. The summed E-state index contributed by atoms with van der Waals surface area (Å²) < 4.78 is 21.9. The molecule has 170 valence electrons. The van der Waals surface area contributed by atoms with Crippen molar-refractivity contribution >= 4 is 22.8 Å². The van der Waals surface area contributed by atoms with E-state index in [1.165, 1.54) is 6.07 Å². The van der Waals surface area contributed by atoms with Crippen LogP contribution in [0.2, 0.25) is 0 Å². The van der Waals surface area contributed by atoms with Crippen molar-refractivity contribution < 1.29 is 34.0 Å². The first-order valence-corrected chi connectivity index (χ1v) is 10.1. The van der Waals surface area contributed by atoms with Crippen LogP contribution in [0.5, 0.6) is 5.88 Å². The van der Waals surface area contributed by atoms with Gasteiger partial charge in [-0.2, -0.15) is 0 Å². The Morgan fingerprint density at radius 2 is 1.78 bits per heavy atom. The summed E-state index contributed by atoms with van der Waals surface area (Å²) in [6.45, 7) is 1.91. The van der Waals surface area contributed by atoms with Crippen molar-refractivity contribution in [3.63, 3.8) is 0 Å². The molecule has 3 aromatic rings. The van der Waals surface area contributed by atoms with Crippen molar-refractivity contribution in [3.8, 4) is 11.6 Å². The van der Waals surface area contributed by atoms with E-state index in [4.69, 9.17) is 20.1 Å². The average Bonchev–Trinajstić information content (AvgIpc) is 3.13. The van der Waals surface area contributed by atoms with E-state index < -0.39 is 24.5 Å². The van der Waals surface area contributed by atoms with Gasteiger partial charge in [-0.3, -0.25) is 4.79 Å². The number of hydrogen-bond acceptors (Lipinski definition) is 6. The predicted molar refractivity (Wildman–Crippen MR) is 113 cm³/mol. The average molecular weight is 445 g/mol. The number of aliphatic hydroxyl groups is 1. The normalized spacial score (nSPS) is 14.9. The fourth-order valence-electron chi connectivity index (χ4n) is 3.26. The molecule has 4 N–H and O–H groups in total. The number of benzene rings is 2. The number of nitrogens with zero attached hydrogens (tertiary/aromatic N) is 2. The van der Waals surface area contributed by atoms with Gasteiger partial charge in [-0.15, -0.1) is 5.10 Å². The lowest BCUT2D eigenvalue weighted by Crippen LogP contribution is -2.34. The Labute approximate surface area is 183 Å². The number of ether oxygens (including phenoxy) is 1. The summed E-state index contributed by atoms with van der Waals surface area (Å²) in [7, 11) is 0. The molecule has 1 aliphatic heterocycles. The van der Waals surface area contributed by atoms with Gasteiger partial charge in [0, 0.05) is 0 Å². The maximum Gasteiger partial charge on any atom is 0.333 e. The van der Waals surface area contributed by atoms with Crippen molar-refractivity contribution in [1.29, 1.82) is 0 Å². The third kappa shape index (κ3) is 5.80. The minimum atomic E-state index is -1.79. The van der Waals surface area contributed by atoms with E-state index in [0.29, 0.717) is 11.6 Å². The van der Waals surface area contributed by atoms with E-state index in [2.05, 4.69) is 10.4 Å². The maximum absolute atomic E-state index is 14.2. The Morgan fingerprint density at radius 1 is 1.12 bits per heavy atom. The van der Waals surface area contributed by atoms with Gasteiger partial charge in [0.25, 0.3) is 0 Å². The number of carbonyl (C=O) groups is 2. The van der Waals surface area contributed by atoms with E-state index in [1.54, 1.807) is 16.8 Å². The van der Waals surface area contributed by atoms with E-state index in [-0.39, 0.29) is 11.9 Å². The van der Waals surface area contributed by atoms with Crippen LogP contribution in [0.4, 0.5) is 4.39 Å². The van der Waals surface area contributed by atoms with Crippen LogP contribution in [0.3, 0.4) is 0 Å². The zero-order chi connectivity index (χ0) is 23.1. The van der Waals surface area contributed by atoms with Crippen LogP contribution in [-0.2, 0) is 9.59 Å². The highest BCUT2D eigenvalue weighted by molar-refractivity contribution is 5.86.